The molecule has 94 valence electrons. The van der Waals surface area contributed by atoms with Crippen LogP contribution in [0.4, 0.5) is 5.69 Å². The summed E-state index contributed by atoms with van der Waals surface area (Å²) in [6.45, 7) is 0.366. The van der Waals surface area contributed by atoms with Gasteiger partial charge in [0.15, 0.2) is 0 Å². The number of anilines is 1. The Morgan fingerprint density at radius 2 is 2.17 bits per heavy atom. The maximum Gasteiger partial charge on any atom is 0.238 e. The summed E-state index contributed by atoms with van der Waals surface area (Å²) in [7, 11) is 0. The van der Waals surface area contributed by atoms with Gasteiger partial charge in [0.1, 0.15) is 0 Å². The summed E-state index contributed by atoms with van der Waals surface area (Å²) in [6.07, 6.45) is 10.2. The summed E-state index contributed by atoms with van der Waals surface area (Å²) in [5, 5.41) is 6.12. The molecule has 2 N–H and O–H groups in total. The Morgan fingerprint density at radius 3 is 2.89 bits per heavy atom. The number of carbonyl (C=O) groups is 1. The smallest absolute Gasteiger partial charge is 0.238 e. The van der Waals surface area contributed by atoms with Crippen LogP contribution in [0.25, 0.3) is 0 Å². The third-order valence-corrected chi connectivity index (χ3v) is 3.22. The molecule has 1 amide bonds. The summed E-state index contributed by atoms with van der Waals surface area (Å²) >= 11 is 0. The van der Waals surface area contributed by atoms with Crippen molar-refractivity contribution in [3.63, 3.8) is 0 Å². The molecular weight excluding hydrogens is 224 g/mol. The van der Waals surface area contributed by atoms with Gasteiger partial charge in [0.25, 0.3) is 0 Å². The normalized spacial score (nSPS) is 15.3. The van der Waals surface area contributed by atoms with Gasteiger partial charge >= 0.3 is 0 Å². The second kappa shape index (κ2) is 6.23. The quantitative estimate of drug-likeness (QED) is 0.794. The van der Waals surface area contributed by atoms with E-state index in [4.69, 9.17) is 6.42 Å². The average molecular weight is 242 g/mol. The van der Waals surface area contributed by atoms with Gasteiger partial charge in [-0.2, -0.15) is 0 Å². The number of amides is 1. The van der Waals surface area contributed by atoms with Crippen molar-refractivity contribution in [3.8, 4) is 12.3 Å². The van der Waals surface area contributed by atoms with Crippen molar-refractivity contribution >= 4 is 11.6 Å². The molecule has 0 atom stereocenters. The predicted molar refractivity (Wildman–Crippen MR) is 73.3 cm³/mol. The lowest BCUT2D eigenvalue weighted by Crippen LogP contribution is -2.34. The lowest BCUT2D eigenvalue weighted by Gasteiger charge is -2.11. The van der Waals surface area contributed by atoms with Crippen molar-refractivity contribution in [2.45, 2.75) is 31.7 Å². The highest BCUT2D eigenvalue weighted by molar-refractivity contribution is 5.92. The van der Waals surface area contributed by atoms with Crippen LogP contribution < -0.4 is 10.6 Å². The Hall–Kier alpha value is -1.79. The predicted octanol–water partition coefficient (Wildman–Crippen LogP) is 2.14. The fourth-order valence-electron chi connectivity index (χ4n) is 2.26. The van der Waals surface area contributed by atoms with Gasteiger partial charge in [-0.15, -0.1) is 6.42 Å². The lowest BCUT2D eigenvalue weighted by molar-refractivity contribution is -0.115. The zero-order valence-corrected chi connectivity index (χ0v) is 10.4. The van der Waals surface area contributed by atoms with Crippen LogP contribution in [0.1, 0.15) is 31.2 Å². The van der Waals surface area contributed by atoms with Crippen LogP contribution in [0.15, 0.2) is 24.3 Å². The van der Waals surface area contributed by atoms with Gasteiger partial charge in [0.2, 0.25) is 5.91 Å². The van der Waals surface area contributed by atoms with E-state index in [0.717, 1.165) is 11.3 Å². The second-order valence-corrected chi connectivity index (χ2v) is 4.64. The number of hydrogen-bond acceptors (Lipinski definition) is 2. The highest BCUT2D eigenvalue weighted by atomic mass is 16.1. The van der Waals surface area contributed by atoms with E-state index in [0.29, 0.717) is 12.6 Å². The van der Waals surface area contributed by atoms with E-state index in [9.17, 15) is 4.79 Å². The van der Waals surface area contributed by atoms with Gasteiger partial charge in [0.05, 0.1) is 6.54 Å². The van der Waals surface area contributed by atoms with Crippen molar-refractivity contribution in [2.75, 3.05) is 11.9 Å². The standard InChI is InChI=1S/C15H18N2O/c1-2-12-6-5-9-14(10-12)17-15(18)11-16-13-7-3-4-8-13/h1,5-6,9-10,13,16H,3-4,7-8,11H2,(H,17,18). The number of benzene rings is 1. The Bertz CT molecular complexity index is 456. The van der Waals surface area contributed by atoms with Gasteiger partial charge in [-0.25, -0.2) is 0 Å². The fraction of sp³-hybridized carbons (Fsp3) is 0.400. The number of carbonyl (C=O) groups excluding carboxylic acids is 1. The van der Waals surface area contributed by atoms with E-state index in [-0.39, 0.29) is 5.91 Å². The third kappa shape index (κ3) is 3.61. The number of hydrogen-bond donors (Lipinski definition) is 2. The number of rotatable bonds is 4. The Balaban J connectivity index is 1.81. The molecule has 0 aromatic heterocycles. The monoisotopic (exact) mass is 242 g/mol. The van der Waals surface area contributed by atoms with Crippen molar-refractivity contribution in [2.24, 2.45) is 0 Å². The topological polar surface area (TPSA) is 41.1 Å². The van der Waals surface area contributed by atoms with E-state index in [2.05, 4.69) is 16.6 Å². The first-order valence-corrected chi connectivity index (χ1v) is 6.38. The molecule has 0 heterocycles. The lowest BCUT2D eigenvalue weighted by atomic mass is 10.2. The first-order valence-electron chi connectivity index (χ1n) is 6.38. The summed E-state index contributed by atoms with van der Waals surface area (Å²) < 4.78 is 0. The number of terminal acetylenes is 1. The summed E-state index contributed by atoms with van der Waals surface area (Å²) in [5.74, 6) is 2.53. The van der Waals surface area contributed by atoms with E-state index < -0.39 is 0 Å². The van der Waals surface area contributed by atoms with Gasteiger partial charge in [0, 0.05) is 17.3 Å². The average Bonchev–Trinajstić information content (AvgIpc) is 2.90. The first kappa shape index (κ1) is 12.7. The molecule has 0 spiro atoms. The molecule has 1 aromatic carbocycles. The molecule has 2 rings (SSSR count). The molecular formula is C15H18N2O. The Kier molecular flexibility index (Phi) is 4.38. The molecule has 1 aliphatic carbocycles. The summed E-state index contributed by atoms with van der Waals surface area (Å²) in [5.41, 5.74) is 1.53. The summed E-state index contributed by atoms with van der Waals surface area (Å²) in [6, 6.07) is 7.83. The van der Waals surface area contributed by atoms with E-state index in [1.54, 1.807) is 6.07 Å². The summed E-state index contributed by atoms with van der Waals surface area (Å²) in [4.78, 5) is 11.7. The molecule has 1 aliphatic rings. The first-order chi connectivity index (χ1) is 8.78. The SMILES string of the molecule is C#Cc1cccc(NC(=O)CNC2CCCC2)c1. The molecule has 1 saturated carbocycles. The largest absolute Gasteiger partial charge is 0.325 e. The highest BCUT2D eigenvalue weighted by Crippen LogP contribution is 2.17. The highest BCUT2D eigenvalue weighted by Gasteiger charge is 2.15. The third-order valence-electron chi connectivity index (χ3n) is 3.22. The maximum absolute atomic E-state index is 11.7. The minimum absolute atomic E-state index is 0.0175. The number of nitrogens with one attached hydrogen (secondary N) is 2. The zero-order valence-electron chi connectivity index (χ0n) is 10.4. The van der Waals surface area contributed by atoms with Crippen LogP contribution in [-0.4, -0.2) is 18.5 Å². The Labute approximate surface area is 108 Å². The minimum atomic E-state index is -0.0175. The minimum Gasteiger partial charge on any atom is -0.325 e. The second-order valence-electron chi connectivity index (χ2n) is 4.64. The molecule has 0 aliphatic heterocycles. The molecule has 3 heteroatoms. The van der Waals surface area contributed by atoms with Gasteiger partial charge in [-0.3, -0.25) is 4.79 Å². The van der Waals surface area contributed by atoms with Crippen LogP contribution in [0.2, 0.25) is 0 Å². The van der Waals surface area contributed by atoms with Crippen LogP contribution in [-0.2, 0) is 4.79 Å². The molecule has 1 aromatic rings. The van der Waals surface area contributed by atoms with Crippen LogP contribution in [0.3, 0.4) is 0 Å². The van der Waals surface area contributed by atoms with Crippen molar-refractivity contribution < 1.29 is 4.79 Å². The van der Waals surface area contributed by atoms with E-state index >= 15 is 0 Å². The molecule has 0 bridgehead atoms. The zero-order chi connectivity index (χ0) is 12.8. The van der Waals surface area contributed by atoms with Crippen molar-refractivity contribution in [1.82, 2.24) is 5.32 Å². The maximum atomic E-state index is 11.7. The molecule has 3 nitrogen and oxygen atoms in total. The molecule has 1 fully saturated rings. The fourth-order valence-corrected chi connectivity index (χ4v) is 2.26. The van der Waals surface area contributed by atoms with E-state index in [1.807, 2.05) is 18.2 Å². The van der Waals surface area contributed by atoms with Crippen molar-refractivity contribution in [3.05, 3.63) is 29.8 Å². The van der Waals surface area contributed by atoms with Crippen LogP contribution in [0, 0.1) is 12.3 Å². The van der Waals surface area contributed by atoms with E-state index in [1.165, 1.54) is 25.7 Å². The molecule has 0 saturated heterocycles. The van der Waals surface area contributed by atoms with Crippen LogP contribution >= 0.6 is 0 Å². The Morgan fingerprint density at radius 1 is 1.39 bits per heavy atom. The molecule has 0 radical (unpaired) electrons. The molecule has 18 heavy (non-hydrogen) atoms. The van der Waals surface area contributed by atoms with Gasteiger partial charge < -0.3 is 10.6 Å². The van der Waals surface area contributed by atoms with Gasteiger partial charge in [-0.1, -0.05) is 24.8 Å². The molecule has 0 unspecified atom stereocenters. The van der Waals surface area contributed by atoms with Crippen molar-refractivity contribution in [1.29, 1.82) is 0 Å². The van der Waals surface area contributed by atoms with Crippen LogP contribution in [0.5, 0.6) is 0 Å². The van der Waals surface area contributed by atoms with Gasteiger partial charge in [-0.05, 0) is 31.0 Å².